The van der Waals surface area contributed by atoms with Crippen molar-refractivity contribution in [3.63, 3.8) is 0 Å². The molecule has 0 saturated carbocycles. The van der Waals surface area contributed by atoms with Crippen LogP contribution in [0.1, 0.15) is 115 Å². The summed E-state index contributed by atoms with van der Waals surface area (Å²) in [7, 11) is 1.00. The minimum absolute atomic E-state index is 0.420. The van der Waals surface area contributed by atoms with E-state index in [1.54, 1.807) is 6.08 Å². The van der Waals surface area contributed by atoms with Crippen LogP contribution in [0, 0.1) is 0 Å². The van der Waals surface area contributed by atoms with Crippen molar-refractivity contribution in [1.29, 1.82) is 0 Å². The molecule has 0 aliphatic heterocycles. The summed E-state index contributed by atoms with van der Waals surface area (Å²) >= 11 is 0. The Hall–Kier alpha value is -2.08. The molecule has 1 N–H and O–H groups in total. The van der Waals surface area contributed by atoms with Gasteiger partial charge in [-0.3, -0.25) is 0 Å². The molecule has 0 radical (unpaired) electrons. The van der Waals surface area contributed by atoms with Crippen LogP contribution in [0.4, 0.5) is 13.2 Å². The van der Waals surface area contributed by atoms with Crippen LogP contribution in [0.3, 0.4) is 0 Å². The number of carbonyl (C=O) groups excluding carboxylic acids is 1. The molecule has 6 heteroatoms. The quantitative estimate of drug-likeness (QED) is 0.209. The maximum atomic E-state index is 11.2. The highest BCUT2D eigenvalue weighted by atomic mass is 19.4. The van der Waals surface area contributed by atoms with Crippen LogP contribution in [-0.4, -0.2) is 29.7 Å². The van der Waals surface area contributed by atoms with Crippen molar-refractivity contribution in [2.45, 2.75) is 111 Å². The first-order valence-electron chi connectivity index (χ1n) is 12.5. The Morgan fingerprint density at radius 1 is 1.26 bits per heavy atom. The van der Waals surface area contributed by atoms with Crippen molar-refractivity contribution in [2.75, 3.05) is 7.11 Å². The normalized spacial score (nSPS) is 15.5. The number of hydrogen-bond acceptors (Lipinski definition) is 2. The Morgan fingerprint density at radius 2 is 1.80 bits per heavy atom. The van der Waals surface area contributed by atoms with Gasteiger partial charge < -0.3 is 14.5 Å². The molecule has 3 nitrogen and oxygen atoms in total. The van der Waals surface area contributed by atoms with Gasteiger partial charge in [0.25, 0.3) is 0 Å². The molecule has 1 aromatic heterocycles. The first-order chi connectivity index (χ1) is 16.5. The van der Waals surface area contributed by atoms with Crippen molar-refractivity contribution in [1.82, 2.24) is 4.57 Å². The summed E-state index contributed by atoms with van der Waals surface area (Å²) in [6, 6.07) is 2.98. The van der Waals surface area contributed by atoms with Crippen LogP contribution >= 0.6 is 0 Å². The van der Waals surface area contributed by atoms with E-state index in [1.807, 2.05) is 6.92 Å². The Kier molecular flexibility index (Phi) is 20.2. The van der Waals surface area contributed by atoms with E-state index in [0.717, 1.165) is 31.8 Å². The van der Waals surface area contributed by atoms with Crippen LogP contribution in [0.5, 0.6) is 0 Å². The summed E-state index contributed by atoms with van der Waals surface area (Å²) in [4.78, 5) is 11.2. The molecular formula is C29H48F3NO2. The fourth-order valence-electron chi connectivity index (χ4n) is 4.29. The number of aliphatic hydroxyl groups excluding tert-OH is 1. The molecule has 2 rings (SSSR count). The number of alkyl halides is 3. The number of halogens is 3. The summed E-state index contributed by atoms with van der Waals surface area (Å²) in [6.45, 7) is 16.5. The Morgan fingerprint density at radius 3 is 2.20 bits per heavy atom. The first kappa shape index (κ1) is 35.1. The van der Waals surface area contributed by atoms with E-state index in [2.05, 4.69) is 64.5 Å². The number of allylic oxidation sites excluding steroid dienone is 4. The maximum absolute atomic E-state index is 11.2. The van der Waals surface area contributed by atoms with Gasteiger partial charge in [0, 0.05) is 36.9 Å². The van der Waals surface area contributed by atoms with Crippen molar-refractivity contribution in [3.05, 3.63) is 59.5 Å². The molecule has 1 aliphatic carbocycles. The predicted molar refractivity (Wildman–Crippen MR) is 143 cm³/mol. The van der Waals surface area contributed by atoms with Crippen LogP contribution in [0.15, 0.2) is 42.5 Å². The second kappa shape index (κ2) is 20.1. The van der Waals surface area contributed by atoms with Gasteiger partial charge in [-0.05, 0) is 70.4 Å². The van der Waals surface area contributed by atoms with Crippen LogP contribution in [-0.2, 0) is 11.2 Å². The summed E-state index contributed by atoms with van der Waals surface area (Å²) in [5, 5.41) is 7.00. The van der Waals surface area contributed by atoms with Gasteiger partial charge in [0.1, 0.15) is 6.29 Å². The van der Waals surface area contributed by atoms with Crippen molar-refractivity contribution in [2.24, 2.45) is 0 Å². The van der Waals surface area contributed by atoms with Gasteiger partial charge in [-0.1, -0.05) is 63.6 Å². The molecule has 202 valence electrons. The monoisotopic (exact) mass is 499 g/mol. The van der Waals surface area contributed by atoms with Crippen molar-refractivity contribution >= 4 is 6.29 Å². The van der Waals surface area contributed by atoms with E-state index < -0.39 is 6.68 Å². The van der Waals surface area contributed by atoms with E-state index >= 15 is 0 Å². The molecular weight excluding hydrogens is 451 g/mol. The highest BCUT2D eigenvalue weighted by Gasteiger charge is 2.29. The summed E-state index contributed by atoms with van der Waals surface area (Å²) < 4.78 is 31.7. The average Bonchev–Trinajstić information content (AvgIpc) is 3.21. The SMILES string of the molecule is C/C=C(\C)CC(CCC)n1c(C(C)C)cc2c1C(CC=O)CCC2.C=CC(=C)C.CO.FC(F)F. The van der Waals surface area contributed by atoms with E-state index in [1.165, 1.54) is 48.2 Å². The third kappa shape index (κ3) is 13.6. The lowest BCUT2D eigenvalue weighted by atomic mass is 9.85. The predicted octanol–water partition coefficient (Wildman–Crippen LogP) is 8.85. The minimum atomic E-state index is -3.67. The molecule has 1 aliphatic rings. The highest BCUT2D eigenvalue weighted by molar-refractivity contribution is 5.52. The van der Waals surface area contributed by atoms with Crippen LogP contribution in [0.25, 0.3) is 0 Å². The summed E-state index contributed by atoms with van der Waals surface area (Å²) in [5.74, 6) is 0.946. The number of nitrogens with zero attached hydrogens (tertiary/aromatic N) is 1. The zero-order valence-electron chi connectivity index (χ0n) is 22.9. The largest absolute Gasteiger partial charge is 0.400 e. The van der Waals surface area contributed by atoms with Crippen LogP contribution < -0.4 is 0 Å². The van der Waals surface area contributed by atoms with E-state index in [-0.39, 0.29) is 0 Å². The number of aromatic nitrogens is 1. The van der Waals surface area contributed by atoms with Gasteiger partial charge >= 0.3 is 6.68 Å². The summed E-state index contributed by atoms with van der Waals surface area (Å²) in [6.07, 6.45) is 12.9. The minimum Gasteiger partial charge on any atom is -0.400 e. The smallest absolute Gasteiger partial charge is 0.379 e. The van der Waals surface area contributed by atoms with Gasteiger partial charge in [-0.2, -0.15) is 13.2 Å². The van der Waals surface area contributed by atoms with E-state index in [4.69, 9.17) is 5.11 Å². The molecule has 0 amide bonds. The zero-order chi connectivity index (χ0) is 27.6. The number of hydrogen-bond donors (Lipinski definition) is 1. The maximum Gasteiger partial charge on any atom is 0.379 e. The van der Waals surface area contributed by atoms with Gasteiger partial charge in [0.15, 0.2) is 0 Å². The highest BCUT2D eigenvalue weighted by Crippen LogP contribution is 2.41. The molecule has 0 spiro atoms. The number of aldehydes is 1. The number of fused-ring (bicyclic) bond motifs is 1. The third-order valence-corrected chi connectivity index (χ3v) is 5.93. The van der Waals surface area contributed by atoms with Gasteiger partial charge in [0.05, 0.1) is 0 Å². The van der Waals surface area contributed by atoms with E-state index in [9.17, 15) is 18.0 Å². The first-order valence-corrected chi connectivity index (χ1v) is 12.5. The number of rotatable bonds is 9. The number of aryl methyl sites for hydroxylation is 1. The number of carbonyl (C=O) groups is 1. The fourth-order valence-corrected chi connectivity index (χ4v) is 4.29. The Labute approximate surface area is 211 Å². The topological polar surface area (TPSA) is 42.2 Å². The Balaban J connectivity index is 0. The summed E-state index contributed by atoms with van der Waals surface area (Å²) in [5.41, 5.74) is 6.95. The molecule has 0 aromatic carbocycles. The lowest BCUT2D eigenvalue weighted by molar-refractivity contribution is -0.108. The van der Waals surface area contributed by atoms with Crippen molar-refractivity contribution < 1.29 is 23.1 Å². The molecule has 0 bridgehead atoms. The molecule has 0 saturated heterocycles. The third-order valence-electron chi connectivity index (χ3n) is 5.93. The lowest BCUT2D eigenvalue weighted by Gasteiger charge is -2.31. The average molecular weight is 500 g/mol. The molecule has 1 aromatic rings. The zero-order valence-corrected chi connectivity index (χ0v) is 22.9. The van der Waals surface area contributed by atoms with Gasteiger partial charge in [-0.15, -0.1) is 0 Å². The molecule has 2 atom stereocenters. The molecule has 1 heterocycles. The second-order valence-electron chi connectivity index (χ2n) is 9.08. The Bertz CT molecular complexity index is 763. The second-order valence-corrected chi connectivity index (χ2v) is 9.08. The lowest BCUT2D eigenvalue weighted by Crippen LogP contribution is -2.21. The van der Waals surface area contributed by atoms with Gasteiger partial charge in [-0.25, -0.2) is 0 Å². The number of aliphatic hydroxyl groups is 1. The molecule has 35 heavy (non-hydrogen) atoms. The fraction of sp³-hybridized carbons (Fsp3) is 0.621. The molecule has 0 fully saturated rings. The van der Waals surface area contributed by atoms with Crippen molar-refractivity contribution in [3.8, 4) is 0 Å². The van der Waals surface area contributed by atoms with Crippen LogP contribution in [0.2, 0.25) is 0 Å². The van der Waals surface area contributed by atoms with E-state index in [0.29, 0.717) is 24.3 Å². The van der Waals surface area contributed by atoms with Gasteiger partial charge in [0.2, 0.25) is 0 Å². The molecule has 2 unspecified atom stereocenters. The standard InChI is InChI=1S/C22H35NO.C5H8.CHF3.CH4O/c1-6-9-20(14-17(5)7-2)23-21(16(3)4)15-19-11-8-10-18(12-13-24)22(19)23;1-4-5(2)3;2-1(3)4;1-2/h7,13,15-16,18,20H,6,8-12,14H2,1-5H3;4H,1-2H2,3H3;1H;2H,1H3/b17-7+;;;.